The van der Waals surface area contributed by atoms with E-state index in [1.807, 2.05) is 12.1 Å². The number of carbonyl (C=O) groups excluding carboxylic acids is 1. The monoisotopic (exact) mass is 233 g/mol. The van der Waals surface area contributed by atoms with E-state index in [0.717, 1.165) is 18.8 Å². The number of rotatable bonds is 3. The number of anilines is 2. The van der Waals surface area contributed by atoms with Gasteiger partial charge in [-0.3, -0.25) is 9.69 Å². The lowest BCUT2D eigenvalue weighted by atomic mass is 10.1. The minimum atomic E-state index is 0.0525. The Morgan fingerprint density at radius 1 is 1.18 bits per heavy atom. The van der Waals surface area contributed by atoms with Crippen molar-refractivity contribution in [3.05, 3.63) is 24.3 Å². The van der Waals surface area contributed by atoms with E-state index in [1.165, 1.54) is 19.3 Å². The Labute approximate surface area is 102 Å². The van der Waals surface area contributed by atoms with E-state index in [9.17, 15) is 4.79 Å². The van der Waals surface area contributed by atoms with Gasteiger partial charge in [0.15, 0.2) is 0 Å². The summed E-state index contributed by atoms with van der Waals surface area (Å²) in [5.41, 5.74) is 7.10. The second-order valence-electron chi connectivity index (χ2n) is 4.51. The van der Waals surface area contributed by atoms with Gasteiger partial charge in [0.2, 0.25) is 5.91 Å². The zero-order valence-corrected chi connectivity index (χ0v) is 9.98. The molecule has 4 heteroatoms. The lowest BCUT2D eigenvalue weighted by Crippen LogP contribution is -2.36. The standard InChI is InChI=1S/C13H19N3O/c14-11-4-6-12(7-5-11)15-13(17)10-16-8-2-1-3-9-16/h4-7H,1-3,8-10,14H2,(H,15,17). The van der Waals surface area contributed by atoms with Crippen molar-refractivity contribution >= 4 is 17.3 Å². The Hall–Kier alpha value is -1.55. The predicted octanol–water partition coefficient (Wildman–Crippen LogP) is 1.69. The number of nitrogen functional groups attached to an aromatic ring is 1. The molecule has 1 heterocycles. The van der Waals surface area contributed by atoms with Crippen LogP contribution < -0.4 is 11.1 Å². The number of benzene rings is 1. The third-order valence-corrected chi connectivity index (χ3v) is 3.01. The van der Waals surface area contributed by atoms with Crippen LogP contribution in [0.1, 0.15) is 19.3 Å². The Bertz CT molecular complexity index is 369. The third-order valence-electron chi connectivity index (χ3n) is 3.01. The maximum Gasteiger partial charge on any atom is 0.238 e. The molecule has 17 heavy (non-hydrogen) atoms. The molecule has 1 aromatic carbocycles. The highest BCUT2D eigenvalue weighted by atomic mass is 16.2. The Balaban J connectivity index is 1.82. The van der Waals surface area contributed by atoms with E-state index in [2.05, 4.69) is 10.2 Å². The third kappa shape index (κ3) is 3.75. The summed E-state index contributed by atoms with van der Waals surface area (Å²) in [7, 11) is 0. The molecule has 92 valence electrons. The van der Waals surface area contributed by atoms with Crippen LogP contribution in [-0.2, 0) is 4.79 Å². The van der Waals surface area contributed by atoms with Crippen LogP contribution in [0.25, 0.3) is 0 Å². The number of piperidine rings is 1. The average Bonchev–Trinajstić information content (AvgIpc) is 2.33. The molecule has 1 aliphatic rings. The molecule has 0 radical (unpaired) electrons. The van der Waals surface area contributed by atoms with Crippen LogP contribution in [-0.4, -0.2) is 30.4 Å². The summed E-state index contributed by atoms with van der Waals surface area (Å²) in [5, 5.41) is 2.88. The molecule has 4 nitrogen and oxygen atoms in total. The fourth-order valence-corrected chi connectivity index (χ4v) is 2.09. The van der Waals surface area contributed by atoms with E-state index >= 15 is 0 Å². The number of amides is 1. The smallest absolute Gasteiger partial charge is 0.238 e. The van der Waals surface area contributed by atoms with E-state index < -0.39 is 0 Å². The van der Waals surface area contributed by atoms with Crippen LogP contribution in [0.2, 0.25) is 0 Å². The average molecular weight is 233 g/mol. The quantitative estimate of drug-likeness (QED) is 0.781. The van der Waals surface area contributed by atoms with Crippen LogP contribution in [0.4, 0.5) is 11.4 Å². The van der Waals surface area contributed by atoms with Gasteiger partial charge in [0.1, 0.15) is 0 Å². The highest BCUT2D eigenvalue weighted by Crippen LogP contribution is 2.11. The zero-order chi connectivity index (χ0) is 12.1. The summed E-state index contributed by atoms with van der Waals surface area (Å²) < 4.78 is 0. The highest BCUT2D eigenvalue weighted by Gasteiger charge is 2.13. The van der Waals surface area contributed by atoms with Crippen molar-refractivity contribution in [2.75, 3.05) is 30.7 Å². The van der Waals surface area contributed by atoms with Crippen molar-refractivity contribution in [3.8, 4) is 0 Å². The summed E-state index contributed by atoms with van der Waals surface area (Å²) in [4.78, 5) is 14.0. The van der Waals surface area contributed by atoms with Gasteiger partial charge in [-0.05, 0) is 50.2 Å². The van der Waals surface area contributed by atoms with Gasteiger partial charge in [0.25, 0.3) is 0 Å². The van der Waals surface area contributed by atoms with E-state index in [1.54, 1.807) is 12.1 Å². The number of hydrogen-bond acceptors (Lipinski definition) is 3. The molecule has 0 bridgehead atoms. The fraction of sp³-hybridized carbons (Fsp3) is 0.462. The summed E-state index contributed by atoms with van der Waals surface area (Å²) >= 11 is 0. The molecule has 1 fully saturated rings. The predicted molar refractivity (Wildman–Crippen MR) is 69.8 cm³/mol. The number of nitrogens with one attached hydrogen (secondary N) is 1. The molecule has 2 rings (SSSR count). The first-order chi connectivity index (χ1) is 8.24. The molecule has 1 aliphatic heterocycles. The van der Waals surface area contributed by atoms with Gasteiger partial charge >= 0.3 is 0 Å². The van der Waals surface area contributed by atoms with Gasteiger partial charge in [-0.25, -0.2) is 0 Å². The lowest BCUT2D eigenvalue weighted by Gasteiger charge is -2.25. The van der Waals surface area contributed by atoms with Crippen molar-refractivity contribution < 1.29 is 4.79 Å². The van der Waals surface area contributed by atoms with Crippen molar-refractivity contribution in [3.63, 3.8) is 0 Å². The number of carbonyl (C=O) groups is 1. The van der Waals surface area contributed by atoms with Gasteiger partial charge in [0.05, 0.1) is 6.54 Å². The first kappa shape index (κ1) is 11.9. The molecule has 0 unspecified atom stereocenters. The lowest BCUT2D eigenvalue weighted by molar-refractivity contribution is -0.117. The summed E-state index contributed by atoms with van der Waals surface area (Å²) in [6, 6.07) is 7.22. The molecule has 3 N–H and O–H groups in total. The van der Waals surface area contributed by atoms with Gasteiger partial charge in [-0.2, -0.15) is 0 Å². The number of nitrogens with zero attached hydrogens (tertiary/aromatic N) is 1. The first-order valence-corrected chi connectivity index (χ1v) is 6.12. The van der Waals surface area contributed by atoms with Crippen molar-refractivity contribution in [1.29, 1.82) is 0 Å². The largest absolute Gasteiger partial charge is 0.399 e. The highest BCUT2D eigenvalue weighted by molar-refractivity contribution is 5.92. The maximum atomic E-state index is 11.8. The molecular weight excluding hydrogens is 214 g/mol. The minimum absolute atomic E-state index is 0.0525. The van der Waals surface area contributed by atoms with Crippen LogP contribution in [0.3, 0.4) is 0 Å². The first-order valence-electron chi connectivity index (χ1n) is 6.12. The normalized spacial score (nSPS) is 16.7. The molecule has 0 aliphatic carbocycles. The minimum Gasteiger partial charge on any atom is -0.399 e. The summed E-state index contributed by atoms with van der Waals surface area (Å²) in [5.74, 6) is 0.0525. The van der Waals surface area contributed by atoms with E-state index in [-0.39, 0.29) is 5.91 Å². The van der Waals surface area contributed by atoms with Gasteiger partial charge < -0.3 is 11.1 Å². The Morgan fingerprint density at radius 3 is 2.47 bits per heavy atom. The maximum absolute atomic E-state index is 11.8. The van der Waals surface area contributed by atoms with E-state index in [4.69, 9.17) is 5.73 Å². The van der Waals surface area contributed by atoms with Crippen LogP contribution in [0, 0.1) is 0 Å². The van der Waals surface area contributed by atoms with Crippen molar-refractivity contribution in [2.24, 2.45) is 0 Å². The Kier molecular flexibility index (Phi) is 3.98. The van der Waals surface area contributed by atoms with Crippen LogP contribution in [0.5, 0.6) is 0 Å². The number of nitrogens with two attached hydrogens (primary N) is 1. The molecular formula is C13H19N3O. The number of hydrogen-bond donors (Lipinski definition) is 2. The zero-order valence-electron chi connectivity index (χ0n) is 9.98. The van der Waals surface area contributed by atoms with Gasteiger partial charge in [0, 0.05) is 11.4 Å². The summed E-state index contributed by atoms with van der Waals surface area (Å²) in [6.07, 6.45) is 3.69. The fourth-order valence-electron chi connectivity index (χ4n) is 2.09. The molecule has 1 amide bonds. The van der Waals surface area contributed by atoms with Crippen LogP contribution >= 0.6 is 0 Å². The molecule has 0 saturated carbocycles. The summed E-state index contributed by atoms with van der Waals surface area (Å²) in [6.45, 7) is 2.56. The molecule has 0 spiro atoms. The Morgan fingerprint density at radius 2 is 1.82 bits per heavy atom. The molecule has 0 atom stereocenters. The van der Waals surface area contributed by atoms with Crippen LogP contribution in [0.15, 0.2) is 24.3 Å². The van der Waals surface area contributed by atoms with Crippen molar-refractivity contribution in [1.82, 2.24) is 4.90 Å². The van der Waals surface area contributed by atoms with Crippen molar-refractivity contribution in [2.45, 2.75) is 19.3 Å². The molecule has 0 aromatic heterocycles. The topological polar surface area (TPSA) is 58.4 Å². The second-order valence-corrected chi connectivity index (χ2v) is 4.51. The molecule has 1 aromatic rings. The van der Waals surface area contributed by atoms with Gasteiger partial charge in [-0.1, -0.05) is 6.42 Å². The van der Waals surface area contributed by atoms with E-state index in [0.29, 0.717) is 12.2 Å². The number of likely N-dealkylation sites (tertiary alicyclic amines) is 1. The SMILES string of the molecule is Nc1ccc(NC(=O)CN2CCCCC2)cc1. The van der Waals surface area contributed by atoms with Gasteiger partial charge in [-0.15, -0.1) is 0 Å². The molecule has 1 saturated heterocycles. The second kappa shape index (κ2) is 5.68.